The van der Waals surface area contributed by atoms with Gasteiger partial charge in [0.1, 0.15) is 23.5 Å². The molecule has 1 aliphatic heterocycles. The van der Waals surface area contributed by atoms with Gasteiger partial charge in [-0.1, -0.05) is 11.6 Å². The van der Waals surface area contributed by atoms with Crippen LogP contribution in [0.5, 0.6) is 0 Å². The second-order valence-electron chi connectivity index (χ2n) is 3.03. The van der Waals surface area contributed by atoms with Gasteiger partial charge in [-0.25, -0.2) is 14.4 Å². The third-order valence-corrected chi connectivity index (χ3v) is 2.18. The number of hydrogen-bond acceptors (Lipinski definition) is 4. The first-order chi connectivity index (χ1) is 6.75. The lowest BCUT2D eigenvalue weighted by atomic mass is 10.2. The van der Waals surface area contributed by atoms with E-state index in [0.29, 0.717) is 17.6 Å². The lowest BCUT2D eigenvalue weighted by molar-refractivity contribution is 0.173. The number of nitrogens with one attached hydrogen (secondary N) is 1. The lowest BCUT2D eigenvalue weighted by Gasteiger charge is -2.13. The largest absolute Gasteiger partial charge is 0.376 e. The van der Waals surface area contributed by atoms with Crippen molar-refractivity contribution in [3.63, 3.8) is 0 Å². The molecule has 6 heteroatoms. The summed E-state index contributed by atoms with van der Waals surface area (Å²) < 4.78 is 18.1. The van der Waals surface area contributed by atoms with Crippen LogP contribution in [0.25, 0.3) is 0 Å². The Balaban J connectivity index is 2.03. The van der Waals surface area contributed by atoms with Gasteiger partial charge in [-0.2, -0.15) is 0 Å². The normalized spacial score (nSPS) is 26.4. The maximum absolute atomic E-state index is 13.1. The smallest absolute Gasteiger partial charge is 0.146 e. The maximum Gasteiger partial charge on any atom is 0.146 e. The quantitative estimate of drug-likeness (QED) is 0.759. The van der Waals surface area contributed by atoms with E-state index in [1.54, 1.807) is 6.07 Å². The molecule has 1 N–H and O–H groups in total. The van der Waals surface area contributed by atoms with E-state index in [1.807, 2.05) is 0 Å². The van der Waals surface area contributed by atoms with Crippen LogP contribution in [-0.2, 0) is 4.74 Å². The van der Waals surface area contributed by atoms with Crippen LogP contribution in [0, 0.1) is 0 Å². The Morgan fingerprint density at radius 2 is 2.36 bits per heavy atom. The molecule has 1 aromatic rings. The van der Waals surface area contributed by atoms with Crippen molar-refractivity contribution in [1.82, 2.24) is 9.97 Å². The van der Waals surface area contributed by atoms with Crippen molar-refractivity contribution in [2.24, 2.45) is 0 Å². The van der Waals surface area contributed by atoms with Crippen molar-refractivity contribution in [2.45, 2.75) is 12.2 Å². The zero-order valence-electron chi connectivity index (χ0n) is 7.28. The van der Waals surface area contributed by atoms with Crippen LogP contribution in [0.4, 0.5) is 10.2 Å². The van der Waals surface area contributed by atoms with Gasteiger partial charge in [0.15, 0.2) is 0 Å². The van der Waals surface area contributed by atoms with E-state index in [2.05, 4.69) is 15.3 Å². The van der Waals surface area contributed by atoms with Crippen LogP contribution in [0.3, 0.4) is 0 Å². The number of rotatable bonds is 2. The molecule has 4 nitrogen and oxygen atoms in total. The Bertz CT molecular complexity index is 325. The van der Waals surface area contributed by atoms with Gasteiger partial charge < -0.3 is 10.1 Å². The molecule has 0 spiro atoms. The summed E-state index contributed by atoms with van der Waals surface area (Å²) in [6.45, 7) is 0.485. The fourth-order valence-corrected chi connectivity index (χ4v) is 1.41. The maximum atomic E-state index is 13.1. The highest BCUT2D eigenvalue weighted by Crippen LogP contribution is 2.16. The number of hydrogen-bond donors (Lipinski definition) is 1. The lowest BCUT2D eigenvalue weighted by Crippen LogP contribution is -2.29. The Hall–Kier alpha value is -0.940. The number of nitrogens with zero attached hydrogens (tertiary/aromatic N) is 2. The van der Waals surface area contributed by atoms with Gasteiger partial charge in [0.05, 0.1) is 19.3 Å². The molecular formula is C8H9ClFN3O. The van der Waals surface area contributed by atoms with Gasteiger partial charge in [0.2, 0.25) is 0 Å². The Morgan fingerprint density at radius 3 is 3.00 bits per heavy atom. The summed E-state index contributed by atoms with van der Waals surface area (Å²) in [6.07, 6.45) is 0.331. The number of halogens is 2. The van der Waals surface area contributed by atoms with E-state index < -0.39 is 6.17 Å². The molecule has 2 atom stereocenters. The molecule has 0 saturated carbocycles. The predicted molar refractivity (Wildman–Crippen MR) is 50.2 cm³/mol. The van der Waals surface area contributed by atoms with Crippen LogP contribution < -0.4 is 5.32 Å². The molecule has 14 heavy (non-hydrogen) atoms. The third kappa shape index (κ3) is 2.10. The van der Waals surface area contributed by atoms with Crippen LogP contribution in [-0.4, -0.2) is 35.4 Å². The highest BCUT2D eigenvalue weighted by molar-refractivity contribution is 6.29. The molecule has 1 fully saturated rings. The van der Waals surface area contributed by atoms with Crippen molar-refractivity contribution in [2.75, 3.05) is 18.5 Å². The van der Waals surface area contributed by atoms with E-state index in [-0.39, 0.29) is 12.6 Å². The fraction of sp³-hybridized carbons (Fsp3) is 0.500. The molecule has 2 rings (SSSR count). The van der Waals surface area contributed by atoms with Gasteiger partial charge >= 0.3 is 0 Å². The minimum absolute atomic E-state index is 0.135. The summed E-state index contributed by atoms with van der Waals surface area (Å²) in [5, 5.41) is 3.23. The molecule has 0 aromatic carbocycles. The second-order valence-corrected chi connectivity index (χ2v) is 3.42. The van der Waals surface area contributed by atoms with Crippen molar-refractivity contribution in [1.29, 1.82) is 0 Å². The zero-order chi connectivity index (χ0) is 9.97. The Labute approximate surface area is 85.5 Å². The summed E-state index contributed by atoms with van der Waals surface area (Å²) in [7, 11) is 0. The van der Waals surface area contributed by atoms with Gasteiger partial charge in [0.25, 0.3) is 0 Å². The number of aromatic nitrogens is 2. The van der Waals surface area contributed by atoms with Crippen LogP contribution >= 0.6 is 11.6 Å². The van der Waals surface area contributed by atoms with Crippen molar-refractivity contribution < 1.29 is 9.13 Å². The van der Waals surface area contributed by atoms with E-state index in [1.165, 1.54) is 6.33 Å². The summed E-state index contributed by atoms with van der Waals surface area (Å²) in [6, 6.07) is 1.20. The van der Waals surface area contributed by atoms with Crippen LogP contribution in [0.15, 0.2) is 12.4 Å². The fourth-order valence-electron chi connectivity index (χ4n) is 1.26. The highest BCUT2D eigenvalue weighted by atomic mass is 35.5. The third-order valence-electron chi connectivity index (χ3n) is 1.98. The SMILES string of the molecule is F[C@@H]1COC[C@H]1Nc1cc(Cl)ncn1. The monoisotopic (exact) mass is 217 g/mol. The van der Waals surface area contributed by atoms with Gasteiger partial charge in [-0.15, -0.1) is 0 Å². The summed E-state index contributed by atoms with van der Waals surface area (Å²) >= 11 is 5.65. The van der Waals surface area contributed by atoms with Gasteiger partial charge in [-0.05, 0) is 0 Å². The molecule has 0 bridgehead atoms. The zero-order valence-corrected chi connectivity index (χ0v) is 8.04. The molecule has 0 amide bonds. The second kappa shape index (κ2) is 4.06. The minimum atomic E-state index is -0.997. The standard InChI is InChI=1S/C8H9ClFN3O/c9-7-1-8(12-4-11-7)13-6-3-14-2-5(6)10/h1,4-6H,2-3H2,(H,11,12,13)/t5-,6-/m1/s1. The summed E-state index contributed by atoms with van der Waals surface area (Å²) in [5.41, 5.74) is 0. The average Bonchev–Trinajstić information content (AvgIpc) is 2.52. The molecule has 1 saturated heterocycles. The molecular weight excluding hydrogens is 209 g/mol. The van der Waals surface area contributed by atoms with Crippen LogP contribution in [0.1, 0.15) is 0 Å². The topological polar surface area (TPSA) is 47.0 Å². The minimum Gasteiger partial charge on any atom is -0.376 e. The van der Waals surface area contributed by atoms with Crippen molar-refractivity contribution >= 4 is 17.4 Å². The Morgan fingerprint density at radius 1 is 1.50 bits per heavy atom. The number of ether oxygens (including phenoxy) is 1. The van der Waals surface area contributed by atoms with Crippen molar-refractivity contribution in [3.05, 3.63) is 17.5 Å². The molecule has 0 unspecified atom stereocenters. The van der Waals surface area contributed by atoms with E-state index in [4.69, 9.17) is 16.3 Å². The van der Waals surface area contributed by atoms with Gasteiger partial charge in [0, 0.05) is 6.07 Å². The predicted octanol–water partition coefficient (Wildman–Crippen LogP) is 1.28. The molecule has 2 heterocycles. The molecule has 1 aromatic heterocycles. The number of anilines is 1. The molecule has 0 aliphatic carbocycles. The first-order valence-electron chi connectivity index (χ1n) is 4.21. The summed E-state index contributed by atoms with van der Waals surface area (Å²) in [4.78, 5) is 7.63. The average molecular weight is 218 g/mol. The van der Waals surface area contributed by atoms with Crippen molar-refractivity contribution in [3.8, 4) is 0 Å². The number of alkyl halides is 1. The Kier molecular flexibility index (Phi) is 2.79. The molecule has 1 aliphatic rings. The summed E-state index contributed by atoms with van der Waals surface area (Å²) in [5.74, 6) is 0.517. The van der Waals surface area contributed by atoms with E-state index in [9.17, 15) is 4.39 Å². The first-order valence-corrected chi connectivity index (χ1v) is 4.59. The van der Waals surface area contributed by atoms with E-state index >= 15 is 0 Å². The van der Waals surface area contributed by atoms with E-state index in [0.717, 1.165) is 0 Å². The molecule has 0 radical (unpaired) electrons. The van der Waals surface area contributed by atoms with Gasteiger partial charge in [-0.3, -0.25) is 0 Å². The highest BCUT2D eigenvalue weighted by Gasteiger charge is 2.27. The first kappa shape index (κ1) is 9.61. The van der Waals surface area contributed by atoms with Crippen LogP contribution in [0.2, 0.25) is 5.15 Å². The molecule has 76 valence electrons.